The molecule has 0 atom stereocenters. The number of amides is 1. The van der Waals surface area contributed by atoms with E-state index in [9.17, 15) is 4.79 Å². The van der Waals surface area contributed by atoms with Crippen LogP contribution in [-0.4, -0.2) is 54.4 Å². The Morgan fingerprint density at radius 3 is 2.38 bits per heavy atom. The van der Waals surface area contributed by atoms with Gasteiger partial charge in [0.2, 0.25) is 5.17 Å². The summed E-state index contributed by atoms with van der Waals surface area (Å²) in [5.41, 5.74) is 1.93. The molecule has 9 nitrogen and oxygen atoms in total. The molecule has 2 aliphatic heterocycles. The van der Waals surface area contributed by atoms with Crippen molar-refractivity contribution in [1.82, 2.24) is 5.01 Å². The van der Waals surface area contributed by atoms with Crippen LogP contribution in [0.15, 0.2) is 64.7 Å². The Balaban J connectivity index is 1.40. The molecule has 0 bridgehead atoms. The van der Waals surface area contributed by atoms with Crippen molar-refractivity contribution >= 4 is 39.8 Å². The minimum absolute atomic E-state index is 0.00777. The van der Waals surface area contributed by atoms with Gasteiger partial charge in [-0.15, -0.1) is 6.58 Å². The van der Waals surface area contributed by atoms with E-state index in [2.05, 4.69) is 23.6 Å². The Morgan fingerprint density at radius 1 is 1.03 bits per heavy atom. The zero-order chi connectivity index (χ0) is 27.8. The van der Waals surface area contributed by atoms with Crippen molar-refractivity contribution in [3.63, 3.8) is 0 Å². The first kappa shape index (κ1) is 28.0. The van der Waals surface area contributed by atoms with Crippen molar-refractivity contribution in [3.05, 3.63) is 65.8 Å². The topological polar surface area (TPSA) is 106 Å². The van der Waals surface area contributed by atoms with Crippen molar-refractivity contribution in [3.8, 4) is 23.0 Å². The van der Waals surface area contributed by atoms with E-state index in [1.54, 1.807) is 38.5 Å². The van der Waals surface area contributed by atoms with Gasteiger partial charge in [0.1, 0.15) is 18.3 Å². The summed E-state index contributed by atoms with van der Waals surface area (Å²) >= 11 is 1.35. The predicted octanol–water partition coefficient (Wildman–Crippen LogP) is 5.70. The van der Waals surface area contributed by atoms with Crippen LogP contribution in [0.1, 0.15) is 37.3 Å². The van der Waals surface area contributed by atoms with Crippen LogP contribution < -0.4 is 18.9 Å². The van der Waals surface area contributed by atoms with Gasteiger partial charge in [-0.05, 0) is 72.5 Å². The van der Waals surface area contributed by atoms with Crippen molar-refractivity contribution in [2.45, 2.75) is 32.6 Å². The molecule has 4 rings (SSSR count). The fourth-order valence-corrected chi connectivity index (χ4v) is 4.88. The second-order valence-electron chi connectivity index (χ2n) is 8.70. The molecule has 0 aromatic heterocycles. The molecular weight excluding hydrogens is 516 g/mol. The molecule has 0 aliphatic carbocycles. The van der Waals surface area contributed by atoms with Gasteiger partial charge in [0.25, 0.3) is 5.91 Å². The number of fused-ring (bicyclic) bond motifs is 1. The molecule has 39 heavy (non-hydrogen) atoms. The van der Waals surface area contributed by atoms with E-state index in [0.717, 1.165) is 36.3 Å². The van der Waals surface area contributed by atoms with Gasteiger partial charge in [0, 0.05) is 0 Å². The molecule has 0 saturated heterocycles. The van der Waals surface area contributed by atoms with Crippen LogP contribution in [0.25, 0.3) is 6.08 Å². The molecule has 1 N–H and O–H groups in total. The molecule has 2 aliphatic rings. The number of ether oxygens (including phenoxy) is 4. The summed E-state index contributed by atoms with van der Waals surface area (Å²) in [7, 11) is 3.15. The summed E-state index contributed by atoms with van der Waals surface area (Å²) in [5, 5.41) is 15.8. The Hall–Kier alpha value is -4.05. The van der Waals surface area contributed by atoms with Crippen LogP contribution in [-0.2, 0) is 11.2 Å². The number of aliphatic imine (C=N–C) groups is 1. The van der Waals surface area contributed by atoms with Gasteiger partial charge in [0.05, 0.1) is 19.8 Å². The number of carbonyl (C=O) groups is 1. The minimum atomic E-state index is -0.463. The lowest BCUT2D eigenvalue weighted by atomic mass is 10.1. The first-order valence-corrected chi connectivity index (χ1v) is 13.5. The highest BCUT2D eigenvalue weighted by Crippen LogP contribution is 2.33. The fraction of sp³-hybridized carbons (Fsp3) is 0.310. The lowest BCUT2D eigenvalue weighted by molar-refractivity contribution is -0.114. The number of unbranched alkanes of at least 4 members (excludes halogenated alkanes) is 1. The third-order valence-corrected chi connectivity index (χ3v) is 6.91. The Labute approximate surface area is 232 Å². The SMILES string of the molecule is C=CCc1ccc(OCCOc2ccc(/C=C3/C(=N)N4N=C(CCCC)SC4=NC3=O)cc2OC)c(OC)c1. The Kier molecular flexibility index (Phi) is 9.43. The number of benzene rings is 2. The number of rotatable bonds is 13. The smallest absolute Gasteiger partial charge is 0.283 e. The van der Waals surface area contributed by atoms with Crippen LogP contribution >= 0.6 is 11.8 Å². The van der Waals surface area contributed by atoms with Gasteiger partial charge >= 0.3 is 0 Å². The van der Waals surface area contributed by atoms with Crippen LogP contribution in [0.4, 0.5) is 0 Å². The normalized spacial score (nSPS) is 15.6. The Morgan fingerprint density at radius 2 is 1.72 bits per heavy atom. The van der Waals surface area contributed by atoms with Crippen molar-refractivity contribution in [1.29, 1.82) is 5.41 Å². The lowest BCUT2D eigenvalue weighted by Gasteiger charge is -2.20. The zero-order valence-corrected chi connectivity index (χ0v) is 23.2. The summed E-state index contributed by atoms with van der Waals surface area (Å²) in [6.07, 6.45) is 7.05. The van der Waals surface area contributed by atoms with Crippen LogP contribution in [0, 0.1) is 5.41 Å². The number of hydrogen-bond donors (Lipinski definition) is 1. The van der Waals surface area contributed by atoms with E-state index in [4.69, 9.17) is 24.4 Å². The van der Waals surface area contributed by atoms with E-state index >= 15 is 0 Å². The number of nitrogens with one attached hydrogen (secondary N) is 1. The van der Waals surface area contributed by atoms with Gasteiger partial charge in [0.15, 0.2) is 28.8 Å². The number of carbonyl (C=O) groups excluding carboxylic acids is 1. The van der Waals surface area contributed by atoms with Crippen molar-refractivity contribution in [2.75, 3.05) is 27.4 Å². The molecule has 2 heterocycles. The first-order chi connectivity index (χ1) is 19.0. The summed E-state index contributed by atoms with van der Waals surface area (Å²) in [6, 6.07) is 11.1. The second kappa shape index (κ2) is 13.1. The van der Waals surface area contributed by atoms with E-state index in [0.29, 0.717) is 40.3 Å². The van der Waals surface area contributed by atoms with E-state index in [1.165, 1.54) is 16.8 Å². The van der Waals surface area contributed by atoms with Gasteiger partial charge in [-0.1, -0.05) is 31.6 Å². The molecular formula is C29H32N4O5S. The van der Waals surface area contributed by atoms with Crippen LogP contribution in [0.5, 0.6) is 23.0 Å². The molecule has 2 aromatic rings. The number of nitrogens with zero attached hydrogens (tertiary/aromatic N) is 3. The summed E-state index contributed by atoms with van der Waals surface area (Å²) < 4.78 is 22.7. The molecule has 2 aromatic carbocycles. The molecule has 204 valence electrons. The third kappa shape index (κ3) is 6.69. The van der Waals surface area contributed by atoms with Gasteiger partial charge in [-0.3, -0.25) is 10.2 Å². The molecule has 0 spiro atoms. The number of amidine groups is 2. The van der Waals surface area contributed by atoms with E-state index in [-0.39, 0.29) is 18.0 Å². The lowest BCUT2D eigenvalue weighted by Crippen LogP contribution is -2.35. The quantitative estimate of drug-likeness (QED) is 0.194. The number of thioether (sulfide) groups is 1. The molecule has 0 radical (unpaired) electrons. The maximum Gasteiger partial charge on any atom is 0.283 e. The first-order valence-electron chi connectivity index (χ1n) is 12.7. The van der Waals surface area contributed by atoms with Gasteiger partial charge in [-0.2, -0.15) is 15.1 Å². The molecule has 0 unspecified atom stereocenters. The monoisotopic (exact) mass is 548 g/mol. The highest BCUT2D eigenvalue weighted by atomic mass is 32.2. The average molecular weight is 549 g/mol. The summed E-state index contributed by atoms with van der Waals surface area (Å²) in [6.45, 7) is 6.45. The summed E-state index contributed by atoms with van der Waals surface area (Å²) in [4.78, 5) is 16.9. The van der Waals surface area contributed by atoms with Crippen molar-refractivity contribution in [2.24, 2.45) is 10.1 Å². The number of allylic oxidation sites excluding steroid dienone is 1. The second-order valence-corrected chi connectivity index (χ2v) is 9.74. The van der Waals surface area contributed by atoms with Crippen molar-refractivity contribution < 1.29 is 23.7 Å². The van der Waals surface area contributed by atoms with Crippen LogP contribution in [0.2, 0.25) is 0 Å². The van der Waals surface area contributed by atoms with Gasteiger partial charge < -0.3 is 18.9 Å². The molecule has 0 fully saturated rings. The molecule has 10 heteroatoms. The third-order valence-electron chi connectivity index (χ3n) is 5.95. The van der Waals surface area contributed by atoms with Crippen LogP contribution in [0.3, 0.4) is 0 Å². The Bertz CT molecular complexity index is 1350. The number of methoxy groups -OCH3 is 2. The van der Waals surface area contributed by atoms with E-state index in [1.807, 2.05) is 24.3 Å². The van der Waals surface area contributed by atoms with Gasteiger partial charge in [-0.25, -0.2) is 0 Å². The largest absolute Gasteiger partial charge is 0.493 e. The highest BCUT2D eigenvalue weighted by molar-refractivity contribution is 8.26. The van der Waals surface area contributed by atoms with E-state index < -0.39 is 5.91 Å². The highest BCUT2D eigenvalue weighted by Gasteiger charge is 2.35. The number of hydrogen-bond acceptors (Lipinski definition) is 8. The molecule has 0 saturated carbocycles. The zero-order valence-electron chi connectivity index (χ0n) is 22.4. The maximum absolute atomic E-state index is 12.7. The predicted molar refractivity (Wildman–Crippen MR) is 155 cm³/mol. The molecule has 1 amide bonds. The fourth-order valence-electron chi connectivity index (χ4n) is 3.95. The standard InChI is InChI=1S/C29H32N4O5S/c1-5-7-9-26-32-33-27(30)21(28(34)31-29(33)39-26)16-20-11-13-23(25(18-20)36-4)38-15-14-37-22-12-10-19(8-6-2)17-24(22)35-3/h6,10-13,16-18,30H,2,5,7-9,14-15H2,1,3-4H3/b21-16-,30-27?. The number of hydrazone groups is 1. The maximum atomic E-state index is 12.7. The average Bonchev–Trinajstić information content (AvgIpc) is 3.36. The minimum Gasteiger partial charge on any atom is -0.493 e. The summed E-state index contributed by atoms with van der Waals surface area (Å²) in [5.74, 6) is 1.85.